The number of amides is 1. The first-order chi connectivity index (χ1) is 16.1. The average molecular weight is 441 g/mol. The Morgan fingerprint density at radius 1 is 1.15 bits per heavy atom. The lowest BCUT2D eigenvalue weighted by Crippen LogP contribution is -2.45. The molecule has 7 heteroatoms. The van der Waals surface area contributed by atoms with Gasteiger partial charge in [-0.15, -0.1) is 0 Å². The smallest absolute Gasteiger partial charge is 0.228 e. The quantitative estimate of drug-likeness (QED) is 0.701. The second-order valence-corrected chi connectivity index (χ2v) is 8.16. The summed E-state index contributed by atoms with van der Waals surface area (Å²) < 4.78 is 10.9. The number of hydrogen-bond acceptors (Lipinski definition) is 6. The minimum absolute atomic E-state index is 0.0781. The maximum Gasteiger partial charge on any atom is 0.228 e. The SMILES string of the molecule is COc1ccc(CN2C(=O)CC=C3C=NC(c4ccc(C#N)cc4)=C4CCC2N34)c(OC)c1. The molecule has 0 spiro atoms. The van der Waals surface area contributed by atoms with E-state index >= 15 is 0 Å². The molecule has 1 fully saturated rings. The Balaban J connectivity index is 1.50. The molecule has 0 bridgehead atoms. The lowest BCUT2D eigenvalue weighted by molar-refractivity contribution is -0.135. The molecule has 7 nitrogen and oxygen atoms in total. The number of allylic oxidation sites excluding steroid dienone is 2. The summed E-state index contributed by atoms with van der Waals surface area (Å²) >= 11 is 0. The van der Waals surface area contributed by atoms with Crippen LogP contribution in [0.2, 0.25) is 0 Å². The maximum absolute atomic E-state index is 13.2. The third-order valence-corrected chi connectivity index (χ3v) is 6.39. The monoisotopic (exact) mass is 440 g/mol. The van der Waals surface area contributed by atoms with Crippen molar-refractivity contribution >= 4 is 17.8 Å². The molecular formula is C26H24N4O3. The van der Waals surface area contributed by atoms with Crippen molar-refractivity contribution in [1.82, 2.24) is 9.80 Å². The highest BCUT2D eigenvalue weighted by Gasteiger charge is 2.41. The molecule has 2 aromatic rings. The minimum Gasteiger partial charge on any atom is -0.497 e. The van der Waals surface area contributed by atoms with Gasteiger partial charge in [0.2, 0.25) is 5.91 Å². The number of benzene rings is 2. The molecule has 0 aromatic heterocycles. The van der Waals surface area contributed by atoms with Gasteiger partial charge in [-0.2, -0.15) is 5.26 Å². The van der Waals surface area contributed by atoms with Crippen molar-refractivity contribution in [2.24, 2.45) is 4.99 Å². The van der Waals surface area contributed by atoms with Crippen LogP contribution in [0, 0.1) is 11.3 Å². The maximum atomic E-state index is 13.2. The molecule has 3 aliphatic rings. The standard InChI is InChI=1S/C26H24N4O3/c1-32-21-9-7-19(23(13-21)33-2)16-29-24-11-10-22-26(18-5-3-17(14-27)4-6-18)28-15-20(30(22)24)8-12-25(29)31/h3-9,13,15,24H,10-12,16H2,1-2H3. The van der Waals surface area contributed by atoms with E-state index in [9.17, 15) is 4.79 Å². The fraction of sp³-hybridized carbons (Fsp3) is 0.269. The summed E-state index contributed by atoms with van der Waals surface area (Å²) in [5, 5.41) is 9.11. The summed E-state index contributed by atoms with van der Waals surface area (Å²) in [6, 6.07) is 15.3. The van der Waals surface area contributed by atoms with E-state index < -0.39 is 0 Å². The first kappa shape index (κ1) is 20.8. The van der Waals surface area contributed by atoms with Crippen LogP contribution in [0.25, 0.3) is 5.70 Å². The van der Waals surface area contributed by atoms with Crippen LogP contribution in [-0.4, -0.2) is 42.3 Å². The van der Waals surface area contributed by atoms with Gasteiger partial charge < -0.3 is 19.3 Å². The van der Waals surface area contributed by atoms with Gasteiger partial charge in [-0.25, -0.2) is 0 Å². The van der Waals surface area contributed by atoms with Crippen LogP contribution in [0.15, 0.2) is 64.9 Å². The number of rotatable bonds is 5. The average Bonchev–Trinajstić information content (AvgIpc) is 3.25. The van der Waals surface area contributed by atoms with Crippen molar-refractivity contribution < 1.29 is 14.3 Å². The van der Waals surface area contributed by atoms with Gasteiger partial charge in [0.1, 0.15) is 17.7 Å². The van der Waals surface area contributed by atoms with Crippen LogP contribution in [-0.2, 0) is 11.3 Å². The van der Waals surface area contributed by atoms with Gasteiger partial charge in [0.05, 0.1) is 50.0 Å². The summed E-state index contributed by atoms with van der Waals surface area (Å²) in [6.07, 6.45) is 5.68. The van der Waals surface area contributed by atoms with Crippen molar-refractivity contribution in [1.29, 1.82) is 5.26 Å². The Bertz CT molecular complexity index is 1240. The zero-order valence-corrected chi connectivity index (χ0v) is 18.6. The van der Waals surface area contributed by atoms with Crippen molar-refractivity contribution in [2.75, 3.05) is 14.2 Å². The Hall–Kier alpha value is -4.05. The molecule has 166 valence electrons. The van der Waals surface area contributed by atoms with Gasteiger partial charge in [0.25, 0.3) is 0 Å². The molecule has 0 saturated carbocycles. The summed E-state index contributed by atoms with van der Waals surface area (Å²) in [7, 11) is 3.25. The highest BCUT2D eigenvalue weighted by molar-refractivity contribution is 5.91. The van der Waals surface area contributed by atoms with Crippen LogP contribution in [0.3, 0.4) is 0 Å². The summed E-state index contributed by atoms with van der Waals surface area (Å²) in [5.41, 5.74) is 5.50. The van der Waals surface area contributed by atoms with Crippen molar-refractivity contribution in [2.45, 2.75) is 32.0 Å². The molecule has 0 N–H and O–H groups in total. The Labute approximate surface area is 192 Å². The van der Waals surface area contributed by atoms with E-state index in [1.54, 1.807) is 14.2 Å². The Kier molecular flexibility index (Phi) is 5.35. The molecular weight excluding hydrogens is 416 g/mol. The van der Waals surface area contributed by atoms with Gasteiger partial charge in [-0.05, 0) is 43.2 Å². The first-order valence-electron chi connectivity index (χ1n) is 10.9. The van der Waals surface area contributed by atoms with Gasteiger partial charge in [-0.3, -0.25) is 9.79 Å². The fourth-order valence-electron chi connectivity index (χ4n) is 4.75. The lowest BCUT2D eigenvalue weighted by atomic mass is 10.1. The number of carbonyl (C=O) groups excluding carboxylic acids is 1. The van der Waals surface area contributed by atoms with Crippen LogP contribution in [0.5, 0.6) is 11.5 Å². The Morgan fingerprint density at radius 2 is 1.97 bits per heavy atom. The molecule has 5 rings (SSSR count). The lowest BCUT2D eigenvalue weighted by Gasteiger charge is -2.37. The zero-order valence-electron chi connectivity index (χ0n) is 18.6. The van der Waals surface area contributed by atoms with E-state index in [-0.39, 0.29) is 12.1 Å². The summed E-state index contributed by atoms with van der Waals surface area (Å²) in [6.45, 7) is 0.449. The van der Waals surface area contributed by atoms with E-state index in [4.69, 9.17) is 19.7 Å². The van der Waals surface area contributed by atoms with E-state index in [0.717, 1.165) is 41.1 Å². The van der Waals surface area contributed by atoms with E-state index in [0.29, 0.717) is 30.0 Å². The molecule has 1 unspecified atom stereocenters. The molecule has 1 atom stereocenters. The predicted molar refractivity (Wildman–Crippen MR) is 124 cm³/mol. The van der Waals surface area contributed by atoms with Crippen molar-refractivity contribution in [3.63, 3.8) is 0 Å². The molecule has 0 aliphatic carbocycles. The molecule has 1 saturated heterocycles. The number of nitriles is 1. The number of ether oxygens (including phenoxy) is 2. The van der Waals surface area contributed by atoms with Crippen LogP contribution >= 0.6 is 0 Å². The second-order valence-electron chi connectivity index (χ2n) is 8.16. The number of carbonyl (C=O) groups is 1. The summed E-state index contributed by atoms with van der Waals surface area (Å²) in [4.78, 5) is 22.1. The topological polar surface area (TPSA) is 78.2 Å². The second kappa shape index (κ2) is 8.47. The third-order valence-electron chi connectivity index (χ3n) is 6.39. The minimum atomic E-state index is -0.0896. The summed E-state index contributed by atoms with van der Waals surface area (Å²) in [5.74, 6) is 1.49. The zero-order chi connectivity index (χ0) is 22.9. The van der Waals surface area contributed by atoms with Crippen LogP contribution in [0.1, 0.15) is 36.0 Å². The highest BCUT2D eigenvalue weighted by atomic mass is 16.5. The number of nitrogens with zero attached hydrogens (tertiary/aromatic N) is 4. The first-order valence-corrected chi connectivity index (χ1v) is 10.9. The molecule has 1 amide bonds. The molecule has 3 heterocycles. The number of hydrogen-bond donors (Lipinski definition) is 0. The van der Waals surface area contributed by atoms with E-state index in [2.05, 4.69) is 11.0 Å². The normalized spacial score (nSPS) is 19.1. The van der Waals surface area contributed by atoms with Crippen molar-refractivity contribution in [3.8, 4) is 17.6 Å². The van der Waals surface area contributed by atoms with Crippen LogP contribution < -0.4 is 9.47 Å². The highest BCUT2D eigenvalue weighted by Crippen LogP contribution is 2.42. The van der Waals surface area contributed by atoms with E-state index in [1.165, 1.54) is 0 Å². The van der Waals surface area contributed by atoms with Gasteiger partial charge in [-0.1, -0.05) is 12.1 Å². The Morgan fingerprint density at radius 3 is 2.70 bits per heavy atom. The molecule has 0 radical (unpaired) electrons. The molecule has 33 heavy (non-hydrogen) atoms. The number of methoxy groups -OCH3 is 2. The number of aliphatic imine (C=N–C) groups is 1. The van der Waals surface area contributed by atoms with Crippen molar-refractivity contribution in [3.05, 3.63) is 76.6 Å². The van der Waals surface area contributed by atoms with Gasteiger partial charge >= 0.3 is 0 Å². The van der Waals surface area contributed by atoms with Crippen LogP contribution in [0.4, 0.5) is 0 Å². The largest absolute Gasteiger partial charge is 0.497 e. The predicted octanol–water partition coefficient (Wildman–Crippen LogP) is 4.07. The third kappa shape index (κ3) is 3.64. The molecule has 3 aliphatic heterocycles. The van der Waals surface area contributed by atoms with Gasteiger partial charge in [0, 0.05) is 29.3 Å². The van der Waals surface area contributed by atoms with Gasteiger partial charge in [0.15, 0.2) is 0 Å². The molecule has 2 aromatic carbocycles. The fourth-order valence-corrected chi connectivity index (χ4v) is 4.75. The van der Waals surface area contributed by atoms with E-state index in [1.807, 2.05) is 59.7 Å².